The number of anilines is 1. The second-order valence-electron chi connectivity index (χ2n) is 7.18. The fraction of sp³-hybridized carbons (Fsp3) is 0.450. The number of nitrogens with zero attached hydrogens (tertiary/aromatic N) is 2. The Labute approximate surface area is 161 Å². The second-order valence-corrected chi connectivity index (χ2v) is 9.12. The zero-order valence-electron chi connectivity index (χ0n) is 16.2. The molecule has 7 heteroatoms. The normalized spacial score (nSPS) is 15.9. The lowest BCUT2D eigenvalue weighted by Gasteiger charge is -2.25. The summed E-state index contributed by atoms with van der Waals surface area (Å²) in [6.45, 7) is 6.79. The van der Waals surface area contributed by atoms with E-state index < -0.39 is 10.0 Å². The van der Waals surface area contributed by atoms with Crippen molar-refractivity contribution >= 4 is 15.8 Å². The van der Waals surface area contributed by atoms with Crippen LogP contribution in [0.4, 0.5) is 5.82 Å². The Hall–Kier alpha value is -1.96. The molecule has 0 spiro atoms. The highest BCUT2D eigenvalue weighted by atomic mass is 32.2. The lowest BCUT2D eigenvalue weighted by Crippen LogP contribution is -2.41. The minimum absolute atomic E-state index is 0.280. The van der Waals surface area contributed by atoms with Crippen molar-refractivity contribution in [1.29, 1.82) is 0 Å². The van der Waals surface area contributed by atoms with Crippen molar-refractivity contribution in [3.05, 3.63) is 53.7 Å². The van der Waals surface area contributed by atoms with Crippen LogP contribution in [0.15, 0.2) is 47.5 Å². The minimum Gasteiger partial charge on any atom is -0.379 e. The summed E-state index contributed by atoms with van der Waals surface area (Å²) in [6.07, 6.45) is 1.57. The van der Waals surface area contributed by atoms with Gasteiger partial charge >= 0.3 is 0 Å². The first-order valence-electron chi connectivity index (χ1n) is 9.27. The lowest BCUT2D eigenvalue weighted by molar-refractivity contribution is -0.367. The summed E-state index contributed by atoms with van der Waals surface area (Å²) in [5.74, 6) is 1.38. The van der Waals surface area contributed by atoms with Crippen LogP contribution in [-0.4, -0.2) is 46.1 Å². The van der Waals surface area contributed by atoms with Crippen LogP contribution in [0.2, 0.25) is 0 Å². The van der Waals surface area contributed by atoms with Gasteiger partial charge in [0.2, 0.25) is 10.0 Å². The first-order chi connectivity index (χ1) is 12.9. The predicted octanol–water partition coefficient (Wildman–Crippen LogP) is 2.28. The average molecular weight is 391 g/mol. The van der Waals surface area contributed by atoms with Crippen LogP contribution in [0, 0.1) is 0 Å². The van der Waals surface area contributed by atoms with Gasteiger partial charge in [-0.1, -0.05) is 38.1 Å². The van der Waals surface area contributed by atoms with Gasteiger partial charge in [0.15, 0.2) is 0 Å². The van der Waals surface area contributed by atoms with Gasteiger partial charge in [0.1, 0.15) is 17.6 Å². The molecule has 0 bridgehead atoms. The Morgan fingerprint density at radius 3 is 2.33 bits per heavy atom. The zero-order chi connectivity index (χ0) is 19.4. The molecule has 2 aromatic rings. The van der Waals surface area contributed by atoms with Crippen molar-refractivity contribution in [2.24, 2.45) is 0 Å². The quantitative estimate of drug-likeness (QED) is 0.759. The molecule has 0 aliphatic carbocycles. The van der Waals surface area contributed by atoms with Crippen LogP contribution in [0.3, 0.4) is 0 Å². The maximum atomic E-state index is 12.7. The van der Waals surface area contributed by atoms with Crippen LogP contribution in [0.1, 0.15) is 30.9 Å². The molecule has 27 heavy (non-hydrogen) atoms. The van der Waals surface area contributed by atoms with Gasteiger partial charge in [-0.05, 0) is 23.1 Å². The number of rotatable bonds is 6. The molecule has 0 unspecified atom stereocenters. The van der Waals surface area contributed by atoms with Crippen LogP contribution < -0.4 is 9.88 Å². The summed E-state index contributed by atoms with van der Waals surface area (Å²) in [6, 6.07) is 12.1. The number of sulfonamides is 1. The Morgan fingerprint density at radius 1 is 1.11 bits per heavy atom. The van der Waals surface area contributed by atoms with Crippen LogP contribution >= 0.6 is 0 Å². The lowest BCUT2D eigenvalue weighted by atomic mass is 10.0. The molecule has 0 radical (unpaired) electrons. The molecule has 1 N–H and O–H groups in total. The summed E-state index contributed by atoms with van der Waals surface area (Å²) in [7, 11) is -1.49. The first-order valence-corrected chi connectivity index (χ1v) is 10.7. The van der Waals surface area contributed by atoms with Crippen molar-refractivity contribution in [2.75, 3.05) is 38.3 Å². The van der Waals surface area contributed by atoms with E-state index in [0.29, 0.717) is 32.2 Å². The first kappa shape index (κ1) is 19.8. The number of nitrogens with one attached hydrogen (secondary N) is 1. The van der Waals surface area contributed by atoms with Gasteiger partial charge in [0, 0.05) is 19.2 Å². The number of benzene rings is 1. The highest BCUT2D eigenvalue weighted by Crippen LogP contribution is 2.19. The molecule has 2 heterocycles. The summed E-state index contributed by atoms with van der Waals surface area (Å²) < 4.78 is 32.1. The van der Waals surface area contributed by atoms with Gasteiger partial charge in [-0.2, -0.15) is 4.31 Å². The van der Waals surface area contributed by atoms with E-state index in [1.807, 2.05) is 13.1 Å². The van der Waals surface area contributed by atoms with Gasteiger partial charge < -0.3 is 4.74 Å². The zero-order valence-corrected chi connectivity index (χ0v) is 17.0. The summed E-state index contributed by atoms with van der Waals surface area (Å²) in [5, 5.41) is 0. The molecule has 3 rings (SSSR count). The number of hydrogen-bond donors (Lipinski definition) is 0. The number of H-pyrrole nitrogens is 1. The van der Waals surface area contributed by atoms with E-state index in [2.05, 4.69) is 48.0 Å². The van der Waals surface area contributed by atoms with Crippen LogP contribution in [0.5, 0.6) is 0 Å². The Balaban J connectivity index is 1.69. The van der Waals surface area contributed by atoms with Gasteiger partial charge in [0.25, 0.3) is 5.82 Å². The summed E-state index contributed by atoms with van der Waals surface area (Å²) >= 11 is 0. The number of aromatic nitrogens is 1. The third-order valence-electron chi connectivity index (χ3n) is 4.85. The molecular formula is C20H28N3O3S+. The molecule has 1 fully saturated rings. The molecule has 146 valence electrons. The third kappa shape index (κ3) is 4.66. The number of aromatic amines is 1. The standard InChI is InChI=1S/C20H27N3O3S/c1-16(2)18-6-4-17(5-7-18)15-22(3)20-9-8-19(14-21-20)27(24,25)23-10-12-26-13-11-23/h4-9,14,16H,10-13,15H2,1-3H3/p+1. The van der Waals surface area contributed by atoms with Crippen molar-refractivity contribution in [1.82, 2.24) is 4.31 Å². The Kier molecular flexibility index (Phi) is 6.14. The molecule has 0 atom stereocenters. The van der Waals surface area contributed by atoms with Gasteiger partial charge in [-0.15, -0.1) is 0 Å². The molecule has 1 aromatic carbocycles. The van der Waals surface area contributed by atoms with Crippen LogP contribution in [-0.2, 0) is 21.3 Å². The van der Waals surface area contributed by atoms with E-state index in [4.69, 9.17) is 4.74 Å². The fourth-order valence-electron chi connectivity index (χ4n) is 3.10. The molecule has 1 saturated heterocycles. The Bertz CT molecular complexity index is 843. The largest absolute Gasteiger partial charge is 0.379 e. The number of hydrogen-bond acceptors (Lipinski definition) is 4. The topological polar surface area (TPSA) is 64.0 Å². The smallest absolute Gasteiger partial charge is 0.274 e. The van der Waals surface area contributed by atoms with Crippen molar-refractivity contribution in [3.8, 4) is 0 Å². The van der Waals surface area contributed by atoms with Crippen molar-refractivity contribution in [3.63, 3.8) is 0 Å². The predicted molar refractivity (Wildman–Crippen MR) is 105 cm³/mol. The molecule has 0 saturated carbocycles. The number of morpholine rings is 1. The van der Waals surface area contributed by atoms with E-state index in [9.17, 15) is 8.42 Å². The van der Waals surface area contributed by atoms with E-state index in [1.165, 1.54) is 15.4 Å². The molecule has 1 aromatic heterocycles. The maximum absolute atomic E-state index is 12.7. The van der Waals surface area contributed by atoms with Gasteiger partial charge in [-0.25, -0.2) is 13.4 Å². The summed E-state index contributed by atoms with van der Waals surface area (Å²) in [4.78, 5) is 5.47. The van der Waals surface area contributed by atoms with Gasteiger partial charge in [0.05, 0.1) is 20.3 Å². The third-order valence-corrected chi connectivity index (χ3v) is 6.75. The van der Waals surface area contributed by atoms with E-state index in [0.717, 1.165) is 12.4 Å². The molecule has 6 nitrogen and oxygen atoms in total. The van der Waals surface area contributed by atoms with Gasteiger partial charge in [-0.3, -0.25) is 4.90 Å². The highest BCUT2D eigenvalue weighted by Gasteiger charge is 2.27. The van der Waals surface area contributed by atoms with E-state index >= 15 is 0 Å². The maximum Gasteiger partial charge on any atom is 0.274 e. The Morgan fingerprint density at radius 2 is 1.78 bits per heavy atom. The highest BCUT2D eigenvalue weighted by molar-refractivity contribution is 7.89. The monoisotopic (exact) mass is 390 g/mol. The SMILES string of the molecule is CC(C)c1ccc(CN(C)c2ccc(S(=O)(=O)N3CCOCC3)c[nH+]2)cc1. The number of pyridine rings is 1. The second kappa shape index (κ2) is 8.37. The van der Waals surface area contributed by atoms with Crippen molar-refractivity contribution in [2.45, 2.75) is 31.2 Å². The molecular weight excluding hydrogens is 362 g/mol. The average Bonchev–Trinajstić information content (AvgIpc) is 2.69. The summed E-state index contributed by atoms with van der Waals surface area (Å²) in [5.41, 5.74) is 2.53. The number of ether oxygens (including phenoxy) is 1. The molecule has 0 amide bonds. The molecule has 1 aliphatic heterocycles. The molecule has 1 aliphatic rings. The van der Waals surface area contributed by atoms with E-state index in [-0.39, 0.29) is 4.90 Å². The minimum atomic E-state index is -3.47. The van der Waals surface area contributed by atoms with Crippen molar-refractivity contribution < 1.29 is 18.1 Å². The van der Waals surface area contributed by atoms with Crippen LogP contribution in [0.25, 0.3) is 0 Å². The van der Waals surface area contributed by atoms with E-state index in [1.54, 1.807) is 12.3 Å². The fourth-order valence-corrected chi connectivity index (χ4v) is 4.48.